The van der Waals surface area contributed by atoms with Gasteiger partial charge in [-0.25, -0.2) is 0 Å². The van der Waals surface area contributed by atoms with E-state index in [0.717, 1.165) is 30.7 Å². The van der Waals surface area contributed by atoms with Gasteiger partial charge in [0.1, 0.15) is 18.2 Å². The predicted molar refractivity (Wildman–Crippen MR) is 127 cm³/mol. The predicted octanol–water partition coefficient (Wildman–Crippen LogP) is 6.39. The van der Waals surface area contributed by atoms with Crippen molar-refractivity contribution in [2.75, 3.05) is 13.3 Å². The number of halogens is 2. The highest BCUT2D eigenvalue weighted by Gasteiger charge is 2.33. The maximum absolute atomic E-state index is 13.0. The normalized spacial score (nSPS) is 16.4. The zero-order chi connectivity index (χ0) is 22.1. The molecule has 2 aliphatic rings. The Hall–Kier alpha value is -2.79. The number of rotatable bonds is 5. The van der Waals surface area contributed by atoms with Crippen LogP contribution in [0.2, 0.25) is 10.0 Å². The second-order valence-electron chi connectivity index (χ2n) is 7.94. The van der Waals surface area contributed by atoms with Crippen molar-refractivity contribution in [3.8, 4) is 11.5 Å². The average Bonchev–Trinajstić information content (AvgIpc) is 3.12. The molecule has 32 heavy (non-hydrogen) atoms. The molecule has 0 aromatic heterocycles. The lowest BCUT2D eigenvalue weighted by Crippen LogP contribution is -2.33. The van der Waals surface area contributed by atoms with E-state index >= 15 is 0 Å². The van der Waals surface area contributed by atoms with Crippen LogP contribution >= 0.6 is 23.2 Å². The first-order chi connectivity index (χ1) is 15.6. The summed E-state index contributed by atoms with van der Waals surface area (Å²) in [6.07, 6.45) is 3.70. The van der Waals surface area contributed by atoms with Gasteiger partial charge in [-0.05, 0) is 54.3 Å². The minimum atomic E-state index is -0.157. The van der Waals surface area contributed by atoms with E-state index in [1.54, 1.807) is 30.3 Å². The van der Waals surface area contributed by atoms with E-state index in [2.05, 4.69) is 29.2 Å². The summed E-state index contributed by atoms with van der Waals surface area (Å²) in [7, 11) is 0. The molecule has 5 rings (SSSR count). The molecule has 0 saturated heterocycles. The number of Topliss-reactive ketones (excluding diaryl/α,β-unsaturated/α-hetero) is 1. The third-order valence-corrected chi connectivity index (χ3v) is 6.28. The van der Waals surface area contributed by atoms with E-state index in [0.29, 0.717) is 40.2 Å². The first-order valence-electron chi connectivity index (χ1n) is 10.5. The number of ether oxygens (including phenoxy) is 2. The molecule has 162 valence electrons. The standard InChI is InChI=1S/C26H21Cl2NO3/c27-19-9-8-18(22(28)14-19)13-24-25(30)20-10-11-23-21(26(20)32-24)15-29(16-31-23)12-4-7-17-5-2-1-3-6-17/h1-3,5-6,8-11,13-14H,4,7,12,15-16H2/b24-13-. The minimum Gasteiger partial charge on any atom is -0.478 e. The van der Waals surface area contributed by atoms with Crippen LogP contribution in [0, 0.1) is 0 Å². The maximum Gasteiger partial charge on any atom is 0.231 e. The van der Waals surface area contributed by atoms with Crippen molar-refractivity contribution in [1.82, 2.24) is 4.90 Å². The fourth-order valence-corrected chi connectivity index (χ4v) is 4.52. The lowest BCUT2D eigenvalue weighted by molar-refractivity contribution is 0.0928. The molecule has 0 unspecified atom stereocenters. The van der Waals surface area contributed by atoms with Crippen LogP contribution in [0.3, 0.4) is 0 Å². The Labute approximate surface area is 197 Å². The van der Waals surface area contributed by atoms with Gasteiger partial charge in [-0.15, -0.1) is 0 Å². The Bertz CT molecular complexity index is 1210. The van der Waals surface area contributed by atoms with E-state index in [9.17, 15) is 4.79 Å². The average molecular weight is 466 g/mol. The number of hydrogen-bond acceptors (Lipinski definition) is 4. The highest BCUT2D eigenvalue weighted by molar-refractivity contribution is 6.35. The van der Waals surface area contributed by atoms with Gasteiger partial charge in [0.2, 0.25) is 5.78 Å². The van der Waals surface area contributed by atoms with Gasteiger partial charge < -0.3 is 9.47 Å². The van der Waals surface area contributed by atoms with Crippen LogP contribution in [0.25, 0.3) is 6.08 Å². The Morgan fingerprint density at radius 3 is 2.69 bits per heavy atom. The summed E-state index contributed by atoms with van der Waals surface area (Å²) in [5.74, 6) is 1.44. The first-order valence-corrected chi connectivity index (χ1v) is 11.3. The first kappa shape index (κ1) is 21.1. The number of allylic oxidation sites excluding steroid dienone is 1. The summed E-state index contributed by atoms with van der Waals surface area (Å²) >= 11 is 12.2. The molecule has 0 radical (unpaired) electrons. The highest BCUT2D eigenvalue weighted by atomic mass is 35.5. The van der Waals surface area contributed by atoms with Crippen molar-refractivity contribution in [2.24, 2.45) is 0 Å². The van der Waals surface area contributed by atoms with E-state index in [1.807, 2.05) is 12.1 Å². The van der Waals surface area contributed by atoms with Gasteiger partial charge in [-0.3, -0.25) is 9.69 Å². The molecule has 3 aromatic rings. The molecule has 0 N–H and O–H groups in total. The zero-order valence-electron chi connectivity index (χ0n) is 17.3. The lowest BCUT2D eigenvalue weighted by Gasteiger charge is -2.29. The molecule has 4 nitrogen and oxygen atoms in total. The summed E-state index contributed by atoms with van der Waals surface area (Å²) in [6.45, 7) is 2.10. The topological polar surface area (TPSA) is 38.8 Å². The fraction of sp³-hybridized carbons (Fsp3) is 0.192. The van der Waals surface area contributed by atoms with Crippen LogP contribution in [0.4, 0.5) is 0 Å². The molecule has 6 heteroatoms. The van der Waals surface area contributed by atoms with Crippen LogP contribution in [-0.2, 0) is 13.0 Å². The van der Waals surface area contributed by atoms with Crippen LogP contribution < -0.4 is 9.47 Å². The van der Waals surface area contributed by atoms with Gasteiger partial charge in [0.05, 0.1) is 11.1 Å². The van der Waals surface area contributed by atoms with E-state index in [1.165, 1.54) is 5.56 Å². The van der Waals surface area contributed by atoms with Crippen molar-refractivity contribution in [2.45, 2.75) is 19.4 Å². The smallest absolute Gasteiger partial charge is 0.231 e. The van der Waals surface area contributed by atoms with Crippen LogP contribution in [0.15, 0.2) is 66.4 Å². The number of aryl methyl sites for hydroxylation is 1. The molecule has 0 bridgehead atoms. The monoisotopic (exact) mass is 465 g/mol. The second kappa shape index (κ2) is 8.99. The van der Waals surface area contributed by atoms with Gasteiger partial charge in [0.25, 0.3) is 0 Å². The SMILES string of the molecule is O=C1/C(=C/c2ccc(Cl)cc2Cl)Oc2c1ccc1c2CN(CCCc2ccccc2)CO1. The number of fused-ring (bicyclic) bond motifs is 3. The quantitative estimate of drug-likeness (QED) is 0.409. The maximum atomic E-state index is 13.0. The number of carbonyl (C=O) groups excluding carboxylic acids is 1. The molecular weight excluding hydrogens is 445 g/mol. The zero-order valence-corrected chi connectivity index (χ0v) is 18.8. The lowest BCUT2D eigenvalue weighted by atomic mass is 10.0. The molecule has 0 aliphatic carbocycles. The molecule has 2 aliphatic heterocycles. The molecule has 2 heterocycles. The third kappa shape index (κ3) is 4.26. The summed E-state index contributed by atoms with van der Waals surface area (Å²) in [6, 6.07) is 19.2. The fourth-order valence-electron chi connectivity index (χ4n) is 4.06. The Balaban J connectivity index is 1.33. The number of carbonyl (C=O) groups is 1. The number of hydrogen-bond donors (Lipinski definition) is 0. The molecular formula is C26H21Cl2NO3. The molecule has 0 spiro atoms. The van der Waals surface area contributed by atoms with Gasteiger partial charge in [-0.1, -0.05) is 59.6 Å². The summed E-state index contributed by atoms with van der Waals surface area (Å²) in [5, 5.41) is 1.00. The molecule has 0 fully saturated rings. The summed E-state index contributed by atoms with van der Waals surface area (Å²) in [4.78, 5) is 15.2. The number of benzene rings is 3. The van der Waals surface area contributed by atoms with E-state index < -0.39 is 0 Å². The van der Waals surface area contributed by atoms with Crippen molar-refractivity contribution in [3.63, 3.8) is 0 Å². The minimum absolute atomic E-state index is 0.157. The van der Waals surface area contributed by atoms with Crippen molar-refractivity contribution in [3.05, 3.63) is 98.7 Å². The van der Waals surface area contributed by atoms with Gasteiger partial charge in [0.15, 0.2) is 5.76 Å². The molecule has 3 aromatic carbocycles. The Morgan fingerprint density at radius 1 is 1.03 bits per heavy atom. The second-order valence-corrected chi connectivity index (χ2v) is 8.78. The van der Waals surface area contributed by atoms with Gasteiger partial charge in [-0.2, -0.15) is 0 Å². The van der Waals surface area contributed by atoms with E-state index in [4.69, 9.17) is 32.7 Å². The Morgan fingerprint density at radius 2 is 1.88 bits per heavy atom. The van der Waals surface area contributed by atoms with Gasteiger partial charge >= 0.3 is 0 Å². The van der Waals surface area contributed by atoms with Crippen LogP contribution in [0.1, 0.15) is 33.5 Å². The van der Waals surface area contributed by atoms with Gasteiger partial charge in [0, 0.05) is 23.1 Å². The van der Waals surface area contributed by atoms with Crippen molar-refractivity contribution < 1.29 is 14.3 Å². The van der Waals surface area contributed by atoms with Crippen molar-refractivity contribution >= 4 is 35.1 Å². The van der Waals surface area contributed by atoms with Crippen molar-refractivity contribution in [1.29, 1.82) is 0 Å². The molecule has 0 saturated carbocycles. The van der Waals surface area contributed by atoms with E-state index in [-0.39, 0.29) is 11.5 Å². The highest BCUT2D eigenvalue weighted by Crippen LogP contribution is 2.42. The third-order valence-electron chi connectivity index (χ3n) is 5.71. The molecule has 0 atom stereocenters. The number of ketones is 1. The molecule has 0 amide bonds. The number of nitrogens with zero attached hydrogens (tertiary/aromatic N) is 1. The van der Waals surface area contributed by atoms with Crippen LogP contribution in [-0.4, -0.2) is 24.0 Å². The largest absolute Gasteiger partial charge is 0.478 e. The summed E-state index contributed by atoms with van der Waals surface area (Å²) in [5.41, 5.74) is 3.47. The Kier molecular flexibility index (Phi) is 5.92. The summed E-state index contributed by atoms with van der Waals surface area (Å²) < 4.78 is 12.0. The van der Waals surface area contributed by atoms with Crippen LogP contribution in [0.5, 0.6) is 11.5 Å².